The first-order valence-corrected chi connectivity index (χ1v) is 6.43. The molecule has 2 heterocycles. The minimum Gasteiger partial charge on any atom is -0.471 e. The van der Waals surface area contributed by atoms with Gasteiger partial charge in [0.05, 0.1) is 0 Å². The third-order valence-electron chi connectivity index (χ3n) is 2.66. The number of rotatable bonds is 3. The number of pyridine rings is 1. The van der Waals surface area contributed by atoms with E-state index in [1.807, 2.05) is 59.1 Å². The summed E-state index contributed by atoms with van der Waals surface area (Å²) in [5.74, 6) is 0.616. The van der Waals surface area contributed by atoms with Crippen molar-refractivity contribution in [1.29, 1.82) is 0 Å². The molecule has 0 atom stereocenters. The van der Waals surface area contributed by atoms with Gasteiger partial charge in [0.25, 0.3) is 0 Å². The number of hydrogen-bond donors (Lipinski definition) is 0. The number of fused-ring (bicyclic) bond motifs is 1. The summed E-state index contributed by atoms with van der Waals surface area (Å²) in [5.41, 5.74) is 1.99. The molecule has 3 nitrogen and oxygen atoms in total. The van der Waals surface area contributed by atoms with Crippen molar-refractivity contribution in [2.75, 3.05) is 0 Å². The summed E-state index contributed by atoms with van der Waals surface area (Å²) in [6, 6.07) is 15.9. The molecule has 0 amide bonds. The Labute approximate surface area is 113 Å². The maximum absolute atomic E-state index is 5.73. The van der Waals surface area contributed by atoms with Crippen molar-refractivity contribution in [2.24, 2.45) is 0 Å². The van der Waals surface area contributed by atoms with Gasteiger partial charge in [-0.1, -0.05) is 36.4 Å². The van der Waals surface area contributed by atoms with Crippen LogP contribution in [0, 0.1) is 0 Å². The molecule has 2 aromatic heterocycles. The second kappa shape index (κ2) is 4.82. The van der Waals surface area contributed by atoms with Crippen LogP contribution in [0.25, 0.3) is 5.65 Å². The van der Waals surface area contributed by atoms with Gasteiger partial charge in [-0.05, 0) is 33.6 Å². The molecule has 3 rings (SSSR count). The van der Waals surface area contributed by atoms with Gasteiger partial charge in [0.15, 0.2) is 4.60 Å². The predicted octanol–water partition coefficient (Wildman–Crippen LogP) is 3.68. The molecular weight excluding hydrogens is 292 g/mol. The number of benzene rings is 1. The van der Waals surface area contributed by atoms with E-state index in [0.717, 1.165) is 15.8 Å². The fourth-order valence-electron chi connectivity index (χ4n) is 1.76. The third kappa shape index (κ3) is 2.11. The van der Waals surface area contributed by atoms with Gasteiger partial charge in [-0.3, -0.25) is 4.40 Å². The van der Waals surface area contributed by atoms with E-state index in [4.69, 9.17) is 4.74 Å². The minimum absolute atomic E-state index is 0.517. The van der Waals surface area contributed by atoms with Crippen LogP contribution in [0.3, 0.4) is 0 Å². The molecule has 0 saturated carbocycles. The van der Waals surface area contributed by atoms with Crippen LogP contribution in [0.4, 0.5) is 0 Å². The molecule has 0 N–H and O–H groups in total. The SMILES string of the molecule is Brc1c(OCc2ccccc2)nc2ccccn12. The minimum atomic E-state index is 0.517. The summed E-state index contributed by atoms with van der Waals surface area (Å²) in [4.78, 5) is 4.42. The molecule has 0 saturated heterocycles. The molecule has 1 aromatic carbocycles. The van der Waals surface area contributed by atoms with Crippen molar-refractivity contribution in [3.05, 3.63) is 64.9 Å². The van der Waals surface area contributed by atoms with E-state index in [2.05, 4.69) is 20.9 Å². The van der Waals surface area contributed by atoms with Crippen molar-refractivity contribution < 1.29 is 4.74 Å². The monoisotopic (exact) mass is 302 g/mol. The molecule has 0 spiro atoms. The predicted molar refractivity (Wildman–Crippen MR) is 73.7 cm³/mol. The molecule has 3 aromatic rings. The summed E-state index contributed by atoms with van der Waals surface area (Å²) in [6.07, 6.45) is 1.95. The molecule has 0 aliphatic rings. The lowest BCUT2D eigenvalue weighted by Crippen LogP contribution is -1.95. The van der Waals surface area contributed by atoms with Gasteiger partial charge in [-0.15, -0.1) is 0 Å². The maximum Gasteiger partial charge on any atom is 0.248 e. The lowest BCUT2D eigenvalue weighted by molar-refractivity contribution is 0.293. The van der Waals surface area contributed by atoms with Crippen molar-refractivity contribution in [1.82, 2.24) is 9.38 Å². The third-order valence-corrected chi connectivity index (χ3v) is 3.38. The van der Waals surface area contributed by atoms with Crippen LogP contribution in [0.5, 0.6) is 5.88 Å². The van der Waals surface area contributed by atoms with E-state index in [1.165, 1.54) is 0 Å². The van der Waals surface area contributed by atoms with E-state index >= 15 is 0 Å². The number of hydrogen-bond acceptors (Lipinski definition) is 2. The fraction of sp³-hybridized carbons (Fsp3) is 0.0714. The Bertz CT molecular complexity index is 664. The number of halogens is 1. The normalized spacial score (nSPS) is 10.7. The lowest BCUT2D eigenvalue weighted by atomic mass is 10.2. The van der Waals surface area contributed by atoms with E-state index < -0.39 is 0 Å². The van der Waals surface area contributed by atoms with Crippen molar-refractivity contribution in [3.63, 3.8) is 0 Å². The highest BCUT2D eigenvalue weighted by molar-refractivity contribution is 9.10. The first-order valence-electron chi connectivity index (χ1n) is 5.64. The highest BCUT2D eigenvalue weighted by Crippen LogP contribution is 2.26. The Hall–Kier alpha value is -1.81. The fourth-order valence-corrected chi connectivity index (χ4v) is 2.27. The molecule has 0 aliphatic carbocycles. The summed E-state index contributed by atoms with van der Waals surface area (Å²) in [5, 5.41) is 0. The zero-order chi connectivity index (χ0) is 12.4. The van der Waals surface area contributed by atoms with Crippen LogP contribution < -0.4 is 4.74 Å². The van der Waals surface area contributed by atoms with Gasteiger partial charge < -0.3 is 4.74 Å². The zero-order valence-corrected chi connectivity index (χ0v) is 11.2. The van der Waals surface area contributed by atoms with Crippen molar-refractivity contribution >= 4 is 21.6 Å². The van der Waals surface area contributed by atoms with Crippen LogP contribution in [0.2, 0.25) is 0 Å². The quantitative estimate of drug-likeness (QED) is 0.738. The van der Waals surface area contributed by atoms with Gasteiger partial charge in [0.2, 0.25) is 5.88 Å². The van der Waals surface area contributed by atoms with Crippen LogP contribution in [0.1, 0.15) is 5.56 Å². The smallest absolute Gasteiger partial charge is 0.248 e. The second-order valence-corrected chi connectivity index (χ2v) is 4.66. The molecule has 4 heteroatoms. The van der Waals surface area contributed by atoms with Gasteiger partial charge >= 0.3 is 0 Å². The molecule has 0 radical (unpaired) electrons. The van der Waals surface area contributed by atoms with E-state index in [-0.39, 0.29) is 0 Å². The van der Waals surface area contributed by atoms with Crippen LogP contribution in [-0.4, -0.2) is 9.38 Å². The molecule has 0 aliphatic heterocycles. The largest absolute Gasteiger partial charge is 0.471 e. The van der Waals surface area contributed by atoms with E-state index in [0.29, 0.717) is 12.5 Å². The Morgan fingerprint density at radius 3 is 2.61 bits per heavy atom. The standard InChI is InChI=1S/C14H11BrN2O/c15-13-14(16-12-8-4-5-9-17(12)13)18-10-11-6-2-1-3-7-11/h1-9H,10H2. The maximum atomic E-state index is 5.73. The molecule has 0 unspecified atom stereocenters. The highest BCUT2D eigenvalue weighted by Gasteiger charge is 2.10. The number of nitrogens with zero attached hydrogens (tertiary/aromatic N) is 2. The number of ether oxygens (including phenoxy) is 1. The Morgan fingerprint density at radius 2 is 1.83 bits per heavy atom. The van der Waals surface area contributed by atoms with E-state index in [9.17, 15) is 0 Å². The average Bonchev–Trinajstić information content (AvgIpc) is 2.75. The van der Waals surface area contributed by atoms with Crippen LogP contribution in [-0.2, 0) is 6.61 Å². The Morgan fingerprint density at radius 1 is 1.06 bits per heavy atom. The summed E-state index contributed by atoms with van der Waals surface area (Å²) in [7, 11) is 0. The van der Waals surface area contributed by atoms with Crippen molar-refractivity contribution in [3.8, 4) is 5.88 Å². The van der Waals surface area contributed by atoms with E-state index in [1.54, 1.807) is 0 Å². The average molecular weight is 303 g/mol. The topological polar surface area (TPSA) is 26.5 Å². The Kier molecular flexibility index (Phi) is 3.02. The van der Waals surface area contributed by atoms with Crippen LogP contribution >= 0.6 is 15.9 Å². The molecular formula is C14H11BrN2O. The van der Waals surface area contributed by atoms with Crippen molar-refractivity contribution in [2.45, 2.75) is 6.61 Å². The summed E-state index contributed by atoms with van der Waals surface area (Å²) < 4.78 is 8.52. The van der Waals surface area contributed by atoms with Gasteiger partial charge in [0.1, 0.15) is 12.3 Å². The summed E-state index contributed by atoms with van der Waals surface area (Å²) >= 11 is 3.50. The van der Waals surface area contributed by atoms with Gasteiger partial charge in [0, 0.05) is 6.20 Å². The lowest BCUT2D eigenvalue weighted by Gasteiger charge is -2.03. The van der Waals surface area contributed by atoms with Gasteiger partial charge in [-0.2, -0.15) is 4.98 Å². The van der Waals surface area contributed by atoms with Crippen LogP contribution in [0.15, 0.2) is 59.3 Å². The zero-order valence-electron chi connectivity index (χ0n) is 9.58. The Balaban J connectivity index is 1.85. The van der Waals surface area contributed by atoms with Gasteiger partial charge in [-0.25, -0.2) is 0 Å². The summed E-state index contributed by atoms with van der Waals surface area (Å²) in [6.45, 7) is 0.517. The molecule has 0 fully saturated rings. The molecule has 18 heavy (non-hydrogen) atoms. The first-order chi connectivity index (χ1) is 8.84. The first kappa shape index (κ1) is 11.3. The molecule has 0 bridgehead atoms. The number of aromatic nitrogens is 2. The second-order valence-electron chi connectivity index (χ2n) is 3.91. The number of imidazole rings is 1. The highest BCUT2D eigenvalue weighted by atomic mass is 79.9. The molecule has 90 valence electrons.